The molecular formula is C24H34N4O2. The number of carbonyl (C=O) groups excluding carboxylic acids is 1. The van der Waals surface area contributed by atoms with Gasteiger partial charge in [-0.05, 0) is 70.0 Å². The highest BCUT2D eigenvalue weighted by Crippen LogP contribution is 2.30. The van der Waals surface area contributed by atoms with Gasteiger partial charge in [-0.15, -0.1) is 0 Å². The lowest BCUT2D eigenvalue weighted by Crippen LogP contribution is -2.48. The van der Waals surface area contributed by atoms with Gasteiger partial charge in [0.1, 0.15) is 5.69 Å². The third-order valence-corrected chi connectivity index (χ3v) is 7.05. The number of hydrogen-bond donors (Lipinski definition) is 1. The molecule has 1 amide bonds. The SMILES string of the molecule is Cc1nc2c(OCC3CCCCC3)cccn2c1C(=O)N[C@H]1CCCN(C2CC2)C1. The maximum atomic E-state index is 13.2. The molecule has 6 heteroatoms. The van der Waals surface area contributed by atoms with Crippen molar-refractivity contribution in [3.63, 3.8) is 0 Å². The third kappa shape index (κ3) is 4.20. The molecule has 3 heterocycles. The second-order valence-corrected chi connectivity index (χ2v) is 9.47. The zero-order valence-corrected chi connectivity index (χ0v) is 18.1. The lowest BCUT2D eigenvalue weighted by Gasteiger charge is -2.33. The van der Waals surface area contributed by atoms with E-state index < -0.39 is 0 Å². The van der Waals surface area contributed by atoms with E-state index in [2.05, 4.69) is 10.2 Å². The zero-order valence-electron chi connectivity index (χ0n) is 18.1. The van der Waals surface area contributed by atoms with Gasteiger partial charge in [0.05, 0.1) is 12.3 Å². The third-order valence-electron chi connectivity index (χ3n) is 7.05. The fourth-order valence-corrected chi connectivity index (χ4v) is 5.25. The lowest BCUT2D eigenvalue weighted by molar-refractivity contribution is 0.0893. The van der Waals surface area contributed by atoms with Crippen molar-refractivity contribution in [1.82, 2.24) is 19.6 Å². The molecule has 2 aromatic rings. The van der Waals surface area contributed by atoms with Crippen LogP contribution in [-0.2, 0) is 0 Å². The molecule has 0 bridgehead atoms. The van der Waals surface area contributed by atoms with Crippen LogP contribution in [0, 0.1) is 12.8 Å². The molecule has 3 aliphatic rings. The predicted molar refractivity (Wildman–Crippen MR) is 117 cm³/mol. The Hall–Kier alpha value is -2.08. The van der Waals surface area contributed by atoms with E-state index in [0.717, 1.165) is 49.1 Å². The maximum Gasteiger partial charge on any atom is 0.270 e. The molecule has 5 rings (SSSR count). The van der Waals surface area contributed by atoms with Gasteiger partial charge in [0.2, 0.25) is 0 Å². The number of pyridine rings is 1. The molecule has 2 aliphatic carbocycles. The number of aromatic nitrogens is 2. The first-order chi connectivity index (χ1) is 14.7. The number of carbonyl (C=O) groups is 1. The van der Waals surface area contributed by atoms with Gasteiger partial charge in [-0.3, -0.25) is 14.1 Å². The van der Waals surface area contributed by atoms with E-state index >= 15 is 0 Å². The van der Waals surface area contributed by atoms with Crippen LogP contribution in [0.15, 0.2) is 18.3 Å². The Morgan fingerprint density at radius 1 is 1.17 bits per heavy atom. The first-order valence-corrected chi connectivity index (χ1v) is 11.8. The molecule has 162 valence electrons. The summed E-state index contributed by atoms with van der Waals surface area (Å²) in [5.74, 6) is 1.40. The second kappa shape index (κ2) is 8.58. The largest absolute Gasteiger partial charge is 0.489 e. The van der Waals surface area contributed by atoms with E-state index in [1.54, 1.807) is 0 Å². The number of nitrogens with one attached hydrogen (secondary N) is 1. The van der Waals surface area contributed by atoms with Gasteiger partial charge in [0.25, 0.3) is 5.91 Å². The molecule has 3 fully saturated rings. The molecule has 1 aliphatic heterocycles. The monoisotopic (exact) mass is 410 g/mol. The number of hydrogen-bond acceptors (Lipinski definition) is 4. The van der Waals surface area contributed by atoms with Crippen LogP contribution in [0.4, 0.5) is 0 Å². The van der Waals surface area contributed by atoms with E-state index in [1.807, 2.05) is 29.7 Å². The van der Waals surface area contributed by atoms with Crippen molar-refractivity contribution in [3.8, 4) is 5.75 Å². The van der Waals surface area contributed by atoms with Crippen molar-refractivity contribution < 1.29 is 9.53 Å². The molecule has 0 spiro atoms. The molecule has 0 unspecified atom stereocenters. The van der Waals surface area contributed by atoms with Crippen molar-refractivity contribution in [2.75, 3.05) is 19.7 Å². The standard InChI is InChI=1S/C24H34N4O2/c1-17-22(24(29)26-19-9-5-13-27(15-19)20-11-12-20)28-14-6-10-21(23(28)25-17)30-16-18-7-3-2-4-8-18/h6,10,14,18-20H,2-5,7-9,11-13,15-16H2,1H3,(H,26,29)/t19-/m0/s1. The highest BCUT2D eigenvalue weighted by Gasteiger charge is 2.33. The summed E-state index contributed by atoms with van der Waals surface area (Å²) in [6.45, 7) is 4.81. The molecule has 30 heavy (non-hydrogen) atoms. The number of fused-ring (bicyclic) bond motifs is 1. The van der Waals surface area contributed by atoms with E-state index in [1.165, 1.54) is 51.5 Å². The van der Waals surface area contributed by atoms with Gasteiger partial charge in [-0.1, -0.05) is 19.3 Å². The van der Waals surface area contributed by atoms with E-state index in [-0.39, 0.29) is 11.9 Å². The first-order valence-electron chi connectivity index (χ1n) is 11.8. The van der Waals surface area contributed by atoms with Crippen LogP contribution >= 0.6 is 0 Å². The summed E-state index contributed by atoms with van der Waals surface area (Å²) in [4.78, 5) is 20.4. The number of imidazole rings is 1. The van der Waals surface area contributed by atoms with Gasteiger partial charge >= 0.3 is 0 Å². The first kappa shape index (κ1) is 19.9. The Bertz CT molecular complexity index is 898. The minimum Gasteiger partial charge on any atom is -0.489 e. The van der Waals surface area contributed by atoms with Crippen molar-refractivity contribution in [3.05, 3.63) is 29.7 Å². The van der Waals surface area contributed by atoms with Crippen LogP contribution in [-0.4, -0.2) is 52.0 Å². The summed E-state index contributed by atoms with van der Waals surface area (Å²) < 4.78 is 8.09. The molecule has 0 aromatic carbocycles. The molecule has 1 N–H and O–H groups in total. The normalized spacial score (nSPS) is 23.6. The number of ether oxygens (including phenoxy) is 1. The summed E-state index contributed by atoms with van der Waals surface area (Å²) in [5.41, 5.74) is 2.15. The van der Waals surface area contributed by atoms with Crippen LogP contribution in [0.5, 0.6) is 5.75 Å². The van der Waals surface area contributed by atoms with E-state index in [4.69, 9.17) is 9.72 Å². The Morgan fingerprint density at radius 2 is 2.00 bits per heavy atom. The van der Waals surface area contributed by atoms with Crippen LogP contribution in [0.3, 0.4) is 0 Å². The van der Waals surface area contributed by atoms with Gasteiger partial charge in [0.15, 0.2) is 11.4 Å². The van der Waals surface area contributed by atoms with Crippen LogP contribution in [0.25, 0.3) is 5.65 Å². The summed E-state index contributed by atoms with van der Waals surface area (Å²) in [6, 6.07) is 4.91. The number of rotatable bonds is 6. The van der Waals surface area contributed by atoms with E-state index in [9.17, 15) is 4.79 Å². The summed E-state index contributed by atoms with van der Waals surface area (Å²) in [7, 11) is 0. The van der Waals surface area contributed by atoms with Gasteiger partial charge < -0.3 is 10.1 Å². The fourth-order valence-electron chi connectivity index (χ4n) is 5.25. The highest BCUT2D eigenvalue weighted by atomic mass is 16.5. The molecule has 6 nitrogen and oxygen atoms in total. The molecular weight excluding hydrogens is 376 g/mol. The quantitative estimate of drug-likeness (QED) is 0.783. The van der Waals surface area contributed by atoms with Gasteiger partial charge in [-0.2, -0.15) is 0 Å². The van der Waals surface area contributed by atoms with Crippen LogP contribution in [0.2, 0.25) is 0 Å². The summed E-state index contributed by atoms with van der Waals surface area (Å²) >= 11 is 0. The Labute approximate surface area is 179 Å². The average molecular weight is 411 g/mol. The van der Waals surface area contributed by atoms with Gasteiger partial charge in [0, 0.05) is 24.8 Å². The summed E-state index contributed by atoms with van der Waals surface area (Å²) in [5, 5.41) is 3.29. The molecule has 1 saturated heterocycles. The number of nitrogens with zero attached hydrogens (tertiary/aromatic N) is 3. The zero-order chi connectivity index (χ0) is 20.5. The van der Waals surface area contributed by atoms with Crippen molar-refractivity contribution in [2.45, 2.75) is 76.8 Å². The Kier molecular flexibility index (Phi) is 5.68. The molecule has 1 atom stereocenters. The maximum absolute atomic E-state index is 13.2. The topological polar surface area (TPSA) is 58.9 Å². The minimum atomic E-state index is -0.0212. The van der Waals surface area contributed by atoms with Crippen LogP contribution < -0.4 is 10.1 Å². The Balaban J connectivity index is 1.30. The lowest BCUT2D eigenvalue weighted by atomic mass is 9.90. The van der Waals surface area contributed by atoms with Crippen molar-refractivity contribution in [2.24, 2.45) is 5.92 Å². The number of piperidine rings is 1. The summed E-state index contributed by atoms with van der Waals surface area (Å²) in [6.07, 6.45) is 13.3. The van der Waals surface area contributed by atoms with Crippen LogP contribution in [0.1, 0.15) is 74.0 Å². The molecule has 0 radical (unpaired) electrons. The number of likely N-dealkylation sites (tertiary alicyclic amines) is 1. The molecule has 2 saturated carbocycles. The second-order valence-electron chi connectivity index (χ2n) is 9.47. The predicted octanol–water partition coefficient (Wildman–Crippen LogP) is 3.96. The van der Waals surface area contributed by atoms with Crippen molar-refractivity contribution in [1.29, 1.82) is 0 Å². The Morgan fingerprint density at radius 3 is 2.80 bits per heavy atom. The van der Waals surface area contributed by atoms with Gasteiger partial charge in [-0.25, -0.2) is 4.98 Å². The molecule has 2 aromatic heterocycles. The van der Waals surface area contributed by atoms with E-state index in [0.29, 0.717) is 11.6 Å². The number of aryl methyl sites for hydroxylation is 1. The van der Waals surface area contributed by atoms with Crippen molar-refractivity contribution >= 4 is 11.6 Å². The highest BCUT2D eigenvalue weighted by molar-refractivity contribution is 5.95. The number of amides is 1. The average Bonchev–Trinajstić information content (AvgIpc) is 3.55. The minimum absolute atomic E-state index is 0.0212. The smallest absolute Gasteiger partial charge is 0.270 e. The fraction of sp³-hybridized carbons (Fsp3) is 0.667.